The maximum Gasteiger partial charge on any atom is 0.163 e. The third-order valence-corrected chi connectivity index (χ3v) is 4.72. The Bertz CT molecular complexity index is 492. The molecule has 4 heteroatoms. The minimum absolute atomic E-state index is 0.284. The lowest BCUT2D eigenvalue weighted by Crippen LogP contribution is -2.45. The fraction of sp³-hybridized carbons (Fsp3) is 0.647. The summed E-state index contributed by atoms with van der Waals surface area (Å²) >= 11 is 0. The van der Waals surface area contributed by atoms with E-state index in [0.29, 0.717) is 12.1 Å². The van der Waals surface area contributed by atoms with Gasteiger partial charge < -0.3 is 10.4 Å². The SMILES string of the molecule is CC(NCC1(O)CCC(C)(C)CC1)c1cccc(F)c1F. The normalized spacial score (nSPS) is 22.0. The molecule has 0 aromatic heterocycles. The molecule has 0 aliphatic heterocycles. The molecule has 1 fully saturated rings. The quantitative estimate of drug-likeness (QED) is 0.882. The fourth-order valence-corrected chi connectivity index (χ4v) is 2.88. The van der Waals surface area contributed by atoms with Gasteiger partial charge in [-0.05, 0) is 44.1 Å². The van der Waals surface area contributed by atoms with Gasteiger partial charge in [-0.1, -0.05) is 26.0 Å². The average molecular weight is 297 g/mol. The first-order valence-electron chi connectivity index (χ1n) is 7.62. The van der Waals surface area contributed by atoms with Crippen molar-refractivity contribution < 1.29 is 13.9 Å². The van der Waals surface area contributed by atoms with Crippen LogP contribution in [0.2, 0.25) is 0 Å². The Balaban J connectivity index is 1.95. The molecule has 2 nitrogen and oxygen atoms in total. The Morgan fingerprint density at radius 2 is 1.81 bits per heavy atom. The summed E-state index contributed by atoms with van der Waals surface area (Å²) in [5.74, 6) is -1.64. The van der Waals surface area contributed by atoms with E-state index >= 15 is 0 Å². The Morgan fingerprint density at radius 1 is 1.19 bits per heavy atom. The molecule has 1 saturated carbocycles. The molecule has 1 unspecified atom stereocenters. The highest BCUT2D eigenvalue weighted by Gasteiger charge is 2.36. The van der Waals surface area contributed by atoms with Crippen LogP contribution in [0.1, 0.15) is 58.1 Å². The van der Waals surface area contributed by atoms with Crippen LogP contribution in [0.4, 0.5) is 8.78 Å². The Kier molecular flexibility index (Phi) is 4.69. The van der Waals surface area contributed by atoms with E-state index in [0.717, 1.165) is 31.7 Å². The smallest absolute Gasteiger partial charge is 0.163 e. The maximum absolute atomic E-state index is 13.7. The lowest BCUT2D eigenvalue weighted by Gasteiger charge is -2.40. The molecule has 1 atom stereocenters. The molecule has 2 rings (SSSR count). The van der Waals surface area contributed by atoms with Crippen LogP contribution >= 0.6 is 0 Å². The Hall–Kier alpha value is -1.00. The van der Waals surface area contributed by atoms with Crippen molar-refractivity contribution in [3.05, 3.63) is 35.4 Å². The standard InChI is InChI=1S/C17H25F2NO/c1-12(13-5-4-6-14(18)15(13)19)20-11-17(21)9-7-16(2,3)8-10-17/h4-6,12,20-21H,7-11H2,1-3H3. The van der Waals surface area contributed by atoms with Crippen molar-refractivity contribution in [2.45, 2.75) is 58.1 Å². The van der Waals surface area contributed by atoms with Crippen molar-refractivity contribution in [1.29, 1.82) is 0 Å². The minimum Gasteiger partial charge on any atom is -0.389 e. The Labute approximate surface area is 125 Å². The van der Waals surface area contributed by atoms with E-state index < -0.39 is 17.2 Å². The van der Waals surface area contributed by atoms with Crippen LogP contribution in [0.15, 0.2) is 18.2 Å². The van der Waals surface area contributed by atoms with Gasteiger partial charge in [0.05, 0.1) is 5.60 Å². The van der Waals surface area contributed by atoms with Crippen molar-refractivity contribution >= 4 is 0 Å². The molecular weight excluding hydrogens is 272 g/mol. The van der Waals surface area contributed by atoms with Crippen LogP contribution in [-0.4, -0.2) is 17.3 Å². The number of benzene rings is 1. The molecule has 0 bridgehead atoms. The number of hydrogen-bond acceptors (Lipinski definition) is 2. The highest BCUT2D eigenvalue weighted by Crippen LogP contribution is 2.40. The first-order chi connectivity index (χ1) is 9.72. The zero-order valence-corrected chi connectivity index (χ0v) is 13.0. The van der Waals surface area contributed by atoms with E-state index in [4.69, 9.17) is 0 Å². The summed E-state index contributed by atoms with van der Waals surface area (Å²) in [7, 11) is 0. The molecule has 118 valence electrons. The number of hydrogen-bond donors (Lipinski definition) is 2. The second-order valence-electron chi connectivity index (χ2n) is 7.13. The van der Waals surface area contributed by atoms with Gasteiger partial charge in [-0.15, -0.1) is 0 Å². The van der Waals surface area contributed by atoms with E-state index in [1.807, 2.05) is 0 Å². The lowest BCUT2D eigenvalue weighted by molar-refractivity contribution is -0.0258. The summed E-state index contributed by atoms with van der Waals surface area (Å²) in [5, 5.41) is 13.7. The first-order valence-corrected chi connectivity index (χ1v) is 7.62. The predicted octanol–water partition coefficient (Wildman–Crippen LogP) is 3.95. The van der Waals surface area contributed by atoms with Gasteiger partial charge in [0.2, 0.25) is 0 Å². The van der Waals surface area contributed by atoms with Crippen LogP contribution < -0.4 is 5.32 Å². The van der Waals surface area contributed by atoms with Crippen LogP contribution in [0.3, 0.4) is 0 Å². The zero-order chi connectivity index (χ0) is 15.7. The molecule has 0 spiro atoms. The number of rotatable bonds is 4. The van der Waals surface area contributed by atoms with Crippen LogP contribution in [0, 0.1) is 17.0 Å². The lowest BCUT2D eigenvalue weighted by atomic mass is 9.71. The highest BCUT2D eigenvalue weighted by molar-refractivity contribution is 5.22. The fourth-order valence-electron chi connectivity index (χ4n) is 2.88. The van der Waals surface area contributed by atoms with E-state index in [1.54, 1.807) is 13.0 Å². The molecular formula is C17H25F2NO. The van der Waals surface area contributed by atoms with Crippen molar-refractivity contribution in [2.24, 2.45) is 5.41 Å². The molecule has 0 amide bonds. The number of nitrogens with one attached hydrogen (secondary N) is 1. The molecule has 1 aromatic carbocycles. The third-order valence-electron chi connectivity index (χ3n) is 4.72. The van der Waals surface area contributed by atoms with Gasteiger partial charge in [0.1, 0.15) is 0 Å². The molecule has 1 aromatic rings. The van der Waals surface area contributed by atoms with Crippen molar-refractivity contribution in [2.75, 3.05) is 6.54 Å². The summed E-state index contributed by atoms with van der Waals surface area (Å²) < 4.78 is 27.0. The Morgan fingerprint density at radius 3 is 2.43 bits per heavy atom. The van der Waals surface area contributed by atoms with Crippen LogP contribution in [-0.2, 0) is 0 Å². The van der Waals surface area contributed by atoms with Crippen molar-refractivity contribution in [1.82, 2.24) is 5.32 Å². The highest BCUT2D eigenvalue weighted by atomic mass is 19.2. The van der Waals surface area contributed by atoms with Gasteiger partial charge in [0.15, 0.2) is 11.6 Å². The summed E-state index contributed by atoms with van der Waals surface area (Å²) in [6.45, 7) is 6.61. The molecule has 1 aliphatic carbocycles. The van der Waals surface area contributed by atoms with Gasteiger partial charge in [0, 0.05) is 18.2 Å². The molecule has 0 heterocycles. The van der Waals surface area contributed by atoms with Gasteiger partial charge in [-0.25, -0.2) is 8.78 Å². The van der Waals surface area contributed by atoms with E-state index in [2.05, 4.69) is 19.2 Å². The molecule has 21 heavy (non-hydrogen) atoms. The average Bonchev–Trinajstić information content (AvgIpc) is 2.43. The van der Waals surface area contributed by atoms with E-state index in [1.165, 1.54) is 6.07 Å². The topological polar surface area (TPSA) is 32.3 Å². The van der Waals surface area contributed by atoms with Crippen molar-refractivity contribution in [3.8, 4) is 0 Å². The first kappa shape index (κ1) is 16.4. The second kappa shape index (κ2) is 6.01. The maximum atomic E-state index is 13.7. The molecule has 0 radical (unpaired) electrons. The van der Waals surface area contributed by atoms with Crippen molar-refractivity contribution in [3.63, 3.8) is 0 Å². The van der Waals surface area contributed by atoms with Gasteiger partial charge in [-0.3, -0.25) is 0 Å². The molecule has 0 saturated heterocycles. The van der Waals surface area contributed by atoms with Gasteiger partial charge in [-0.2, -0.15) is 0 Å². The number of aliphatic hydroxyl groups is 1. The van der Waals surface area contributed by atoms with E-state index in [9.17, 15) is 13.9 Å². The monoisotopic (exact) mass is 297 g/mol. The van der Waals surface area contributed by atoms with Crippen LogP contribution in [0.25, 0.3) is 0 Å². The van der Waals surface area contributed by atoms with Gasteiger partial charge >= 0.3 is 0 Å². The largest absolute Gasteiger partial charge is 0.389 e. The van der Waals surface area contributed by atoms with Gasteiger partial charge in [0.25, 0.3) is 0 Å². The predicted molar refractivity (Wildman–Crippen MR) is 80.0 cm³/mol. The summed E-state index contributed by atoms with van der Waals surface area (Å²) in [6, 6.07) is 3.86. The minimum atomic E-state index is -0.834. The zero-order valence-electron chi connectivity index (χ0n) is 13.0. The van der Waals surface area contributed by atoms with E-state index in [-0.39, 0.29) is 11.5 Å². The summed E-state index contributed by atoms with van der Waals surface area (Å²) in [4.78, 5) is 0. The summed E-state index contributed by atoms with van der Waals surface area (Å²) in [5.41, 5.74) is -0.158. The number of halogens is 2. The summed E-state index contributed by atoms with van der Waals surface area (Å²) in [6.07, 6.45) is 3.44. The second-order valence-corrected chi connectivity index (χ2v) is 7.13. The third kappa shape index (κ3) is 4.01. The molecule has 1 aliphatic rings. The van der Waals surface area contributed by atoms with Crippen LogP contribution in [0.5, 0.6) is 0 Å². The molecule has 2 N–H and O–H groups in total.